The molecular weight excluding hydrogens is 282 g/mol. The smallest absolute Gasteiger partial charge is 0.233 e. The minimum absolute atomic E-state index is 0.0365. The third kappa shape index (κ3) is 4.92. The summed E-state index contributed by atoms with van der Waals surface area (Å²) in [6, 6.07) is 0.532. The van der Waals surface area contributed by atoms with E-state index in [1.165, 1.54) is 12.8 Å². The molecule has 1 rings (SSSR count). The molecule has 1 atom stereocenters. The minimum Gasteiger partial charge on any atom is -0.392 e. The molecule has 0 saturated heterocycles. The highest BCUT2D eigenvalue weighted by molar-refractivity contribution is 7.80. The van der Waals surface area contributed by atoms with E-state index < -0.39 is 5.41 Å². The number of hydrogen-bond donors (Lipinski definition) is 2. The molecule has 1 aliphatic rings. The highest BCUT2D eigenvalue weighted by atomic mass is 32.1. The van der Waals surface area contributed by atoms with Crippen LogP contribution >= 0.6 is 12.2 Å². The molecular formula is C16H31N3OS. The van der Waals surface area contributed by atoms with E-state index in [0.29, 0.717) is 17.6 Å². The molecule has 0 bridgehead atoms. The van der Waals surface area contributed by atoms with Gasteiger partial charge in [-0.2, -0.15) is 0 Å². The molecule has 21 heavy (non-hydrogen) atoms. The average Bonchev–Trinajstić information content (AvgIpc) is 2.72. The van der Waals surface area contributed by atoms with Gasteiger partial charge in [-0.15, -0.1) is 0 Å². The molecule has 1 unspecified atom stereocenters. The molecule has 1 saturated carbocycles. The molecule has 3 N–H and O–H groups in total. The van der Waals surface area contributed by atoms with E-state index in [0.717, 1.165) is 38.6 Å². The molecule has 1 fully saturated rings. The molecule has 0 aliphatic heterocycles. The maximum atomic E-state index is 12.6. The normalized spacial score (nSPS) is 19.8. The first-order valence-electron chi connectivity index (χ1n) is 8.22. The third-order valence-corrected chi connectivity index (χ3v) is 5.35. The first-order chi connectivity index (χ1) is 9.94. The Labute approximate surface area is 134 Å². The molecule has 1 aliphatic carbocycles. The quantitative estimate of drug-likeness (QED) is 0.560. The van der Waals surface area contributed by atoms with Crippen LogP contribution in [0, 0.1) is 5.41 Å². The Morgan fingerprint density at radius 2 is 1.90 bits per heavy atom. The van der Waals surface area contributed by atoms with Crippen LogP contribution < -0.4 is 11.1 Å². The third-order valence-electron chi connectivity index (χ3n) is 4.96. The molecule has 0 heterocycles. The van der Waals surface area contributed by atoms with Gasteiger partial charge in [0.2, 0.25) is 5.91 Å². The molecule has 1 amide bonds. The molecule has 0 aromatic carbocycles. The maximum Gasteiger partial charge on any atom is 0.233 e. The number of thiocarbonyl (C=S) groups is 1. The van der Waals surface area contributed by atoms with Crippen LogP contribution in [0.2, 0.25) is 0 Å². The van der Waals surface area contributed by atoms with E-state index >= 15 is 0 Å². The van der Waals surface area contributed by atoms with E-state index in [2.05, 4.69) is 31.1 Å². The Hall–Kier alpha value is -0.680. The van der Waals surface area contributed by atoms with Gasteiger partial charge < -0.3 is 16.0 Å². The van der Waals surface area contributed by atoms with Gasteiger partial charge in [0, 0.05) is 19.1 Å². The monoisotopic (exact) mass is 313 g/mol. The van der Waals surface area contributed by atoms with Gasteiger partial charge in [0.1, 0.15) is 0 Å². The highest BCUT2D eigenvalue weighted by Crippen LogP contribution is 2.35. The summed E-state index contributed by atoms with van der Waals surface area (Å²) in [4.78, 5) is 15.3. The Kier molecular flexibility index (Phi) is 7.60. The molecule has 5 heteroatoms. The number of carbonyl (C=O) groups excluding carboxylic acids is 1. The number of likely N-dealkylation sites (N-methyl/N-ethyl adjacent to an activating group) is 1. The van der Waals surface area contributed by atoms with Crippen molar-refractivity contribution in [3.8, 4) is 0 Å². The van der Waals surface area contributed by atoms with Gasteiger partial charge in [-0.05, 0) is 33.2 Å². The number of nitrogens with one attached hydrogen (secondary N) is 1. The number of carbonyl (C=O) groups is 1. The van der Waals surface area contributed by atoms with Crippen molar-refractivity contribution < 1.29 is 4.79 Å². The highest BCUT2D eigenvalue weighted by Gasteiger charge is 2.41. The van der Waals surface area contributed by atoms with Crippen molar-refractivity contribution in [2.45, 2.75) is 64.8 Å². The summed E-state index contributed by atoms with van der Waals surface area (Å²) < 4.78 is 0. The fraction of sp³-hybridized carbons (Fsp3) is 0.875. The van der Waals surface area contributed by atoms with E-state index in [9.17, 15) is 4.79 Å². The lowest BCUT2D eigenvalue weighted by Crippen LogP contribution is -2.50. The van der Waals surface area contributed by atoms with E-state index in [1.807, 2.05) is 0 Å². The van der Waals surface area contributed by atoms with Crippen LogP contribution in [0.1, 0.15) is 58.8 Å². The summed E-state index contributed by atoms with van der Waals surface area (Å²) in [5, 5.41) is 3.06. The van der Waals surface area contributed by atoms with Crippen LogP contribution in [0.3, 0.4) is 0 Å². The van der Waals surface area contributed by atoms with Crippen molar-refractivity contribution in [1.82, 2.24) is 10.2 Å². The van der Waals surface area contributed by atoms with Gasteiger partial charge >= 0.3 is 0 Å². The number of rotatable bonds is 7. The SMILES string of the molecule is CCC(C)N(C)CCNC(=O)C1(C(N)=S)CCCCCC1. The number of nitrogens with zero attached hydrogens (tertiary/aromatic N) is 1. The second kappa shape index (κ2) is 8.69. The molecule has 0 spiro atoms. The zero-order chi connectivity index (χ0) is 15.9. The topological polar surface area (TPSA) is 58.4 Å². The Bertz CT molecular complexity index is 351. The van der Waals surface area contributed by atoms with Gasteiger partial charge in [-0.3, -0.25) is 4.79 Å². The van der Waals surface area contributed by atoms with Gasteiger partial charge in [0.25, 0.3) is 0 Å². The fourth-order valence-corrected chi connectivity index (χ4v) is 3.26. The number of amides is 1. The van der Waals surface area contributed by atoms with Gasteiger partial charge in [0.15, 0.2) is 0 Å². The lowest BCUT2D eigenvalue weighted by Gasteiger charge is -2.31. The largest absolute Gasteiger partial charge is 0.392 e. The van der Waals surface area contributed by atoms with Gasteiger partial charge in [0.05, 0.1) is 10.4 Å². The van der Waals surface area contributed by atoms with Gasteiger partial charge in [-0.1, -0.05) is 44.8 Å². The molecule has 0 aromatic rings. The summed E-state index contributed by atoms with van der Waals surface area (Å²) in [5.41, 5.74) is 5.32. The van der Waals surface area contributed by atoms with Crippen molar-refractivity contribution in [3.63, 3.8) is 0 Å². The van der Waals surface area contributed by atoms with Crippen LogP contribution in [0.5, 0.6) is 0 Å². The zero-order valence-corrected chi connectivity index (χ0v) is 14.6. The van der Waals surface area contributed by atoms with Crippen molar-refractivity contribution in [2.75, 3.05) is 20.1 Å². The fourth-order valence-electron chi connectivity index (χ4n) is 2.96. The standard InChI is InChI=1S/C16H31N3OS/c1-4-13(2)19(3)12-11-18-15(20)16(14(17)21)9-7-5-6-8-10-16/h13H,4-12H2,1-3H3,(H2,17,21)(H,18,20). The zero-order valence-electron chi connectivity index (χ0n) is 13.8. The molecule has 0 aromatic heterocycles. The molecule has 122 valence electrons. The predicted octanol–water partition coefficient (Wildman–Crippen LogP) is 2.46. The molecule has 0 radical (unpaired) electrons. The summed E-state index contributed by atoms with van der Waals surface area (Å²) >= 11 is 5.23. The van der Waals surface area contributed by atoms with Crippen molar-refractivity contribution >= 4 is 23.1 Å². The lowest BCUT2D eigenvalue weighted by molar-refractivity contribution is -0.128. The van der Waals surface area contributed by atoms with E-state index in [-0.39, 0.29) is 5.91 Å². The van der Waals surface area contributed by atoms with Crippen molar-refractivity contribution in [1.29, 1.82) is 0 Å². The summed E-state index contributed by atoms with van der Waals surface area (Å²) in [7, 11) is 2.09. The van der Waals surface area contributed by atoms with Crippen LogP contribution in [-0.4, -0.2) is 42.0 Å². The Morgan fingerprint density at radius 3 is 2.38 bits per heavy atom. The first-order valence-corrected chi connectivity index (χ1v) is 8.63. The van der Waals surface area contributed by atoms with Crippen LogP contribution in [0.25, 0.3) is 0 Å². The number of hydrogen-bond acceptors (Lipinski definition) is 3. The predicted molar refractivity (Wildman–Crippen MR) is 92.3 cm³/mol. The Balaban J connectivity index is 2.56. The Morgan fingerprint density at radius 1 is 1.33 bits per heavy atom. The van der Waals surface area contributed by atoms with Crippen LogP contribution in [-0.2, 0) is 4.79 Å². The second-order valence-corrected chi connectivity index (χ2v) is 6.79. The van der Waals surface area contributed by atoms with Crippen LogP contribution in [0.15, 0.2) is 0 Å². The summed E-state index contributed by atoms with van der Waals surface area (Å²) in [6.07, 6.45) is 7.14. The maximum absolute atomic E-state index is 12.6. The second-order valence-electron chi connectivity index (χ2n) is 6.35. The van der Waals surface area contributed by atoms with E-state index in [4.69, 9.17) is 18.0 Å². The summed E-state index contributed by atoms with van der Waals surface area (Å²) in [5.74, 6) is 0.0365. The lowest BCUT2D eigenvalue weighted by atomic mass is 9.79. The van der Waals surface area contributed by atoms with Crippen molar-refractivity contribution in [3.05, 3.63) is 0 Å². The van der Waals surface area contributed by atoms with Crippen LogP contribution in [0.4, 0.5) is 0 Å². The first kappa shape index (κ1) is 18.4. The van der Waals surface area contributed by atoms with Crippen molar-refractivity contribution in [2.24, 2.45) is 11.1 Å². The van der Waals surface area contributed by atoms with Gasteiger partial charge in [-0.25, -0.2) is 0 Å². The summed E-state index contributed by atoms with van der Waals surface area (Å²) in [6.45, 7) is 5.88. The van der Waals surface area contributed by atoms with E-state index in [1.54, 1.807) is 0 Å². The minimum atomic E-state index is -0.610. The molecule has 4 nitrogen and oxygen atoms in total. The number of nitrogens with two attached hydrogens (primary N) is 1. The average molecular weight is 314 g/mol.